The molecule has 1 unspecified atom stereocenters. The Kier molecular flexibility index (Phi) is 6.14. The molecule has 0 amide bonds. The largest absolute Gasteiger partial charge is 0.316 e. The minimum atomic E-state index is 0.742. The Bertz CT molecular complexity index is 307. The lowest BCUT2D eigenvalue weighted by molar-refractivity contribution is 0.209. The molecule has 3 nitrogen and oxygen atoms in total. The normalized spacial score (nSPS) is 18.9. The summed E-state index contributed by atoms with van der Waals surface area (Å²) in [4.78, 5) is 4.06. The fourth-order valence-corrected chi connectivity index (χ4v) is 3.12. The maximum Gasteiger partial charge on any atom is 0.0107 e. The van der Waals surface area contributed by atoms with Crippen molar-refractivity contribution in [3.05, 3.63) is 22.4 Å². The van der Waals surface area contributed by atoms with E-state index < -0.39 is 0 Å². The van der Waals surface area contributed by atoms with Crippen LogP contribution in [0.4, 0.5) is 0 Å². The minimum absolute atomic E-state index is 0.742. The van der Waals surface area contributed by atoms with Gasteiger partial charge < -0.3 is 15.5 Å². The molecule has 2 N–H and O–H groups in total. The van der Waals surface area contributed by atoms with E-state index in [-0.39, 0.29) is 0 Å². The van der Waals surface area contributed by atoms with Crippen molar-refractivity contribution in [2.24, 2.45) is 5.92 Å². The molecule has 0 aliphatic carbocycles. The first kappa shape index (κ1) is 14.0. The summed E-state index contributed by atoms with van der Waals surface area (Å²) >= 11 is 1.86. The van der Waals surface area contributed by atoms with Gasteiger partial charge in [-0.25, -0.2) is 0 Å². The van der Waals surface area contributed by atoms with Crippen LogP contribution in [-0.4, -0.2) is 50.7 Å². The molecule has 1 aromatic heterocycles. The number of nitrogens with one attached hydrogen (secondary N) is 2. The smallest absolute Gasteiger partial charge is 0.0107 e. The van der Waals surface area contributed by atoms with E-state index in [0.29, 0.717) is 0 Å². The molecule has 4 heteroatoms. The quantitative estimate of drug-likeness (QED) is 0.732. The van der Waals surface area contributed by atoms with Crippen LogP contribution < -0.4 is 10.6 Å². The number of hydrogen-bond donors (Lipinski definition) is 2. The average Bonchev–Trinajstić information content (AvgIpc) is 2.89. The number of rotatable bonds is 7. The van der Waals surface area contributed by atoms with Gasteiger partial charge in [0.1, 0.15) is 0 Å². The lowest BCUT2D eigenvalue weighted by Gasteiger charge is -2.29. The fourth-order valence-electron chi connectivity index (χ4n) is 2.41. The number of hydrogen-bond acceptors (Lipinski definition) is 4. The molecular weight excluding hydrogens is 242 g/mol. The molecule has 18 heavy (non-hydrogen) atoms. The molecule has 1 aliphatic heterocycles. The van der Waals surface area contributed by atoms with Crippen molar-refractivity contribution < 1.29 is 0 Å². The van der Waals surface area contributed by atoms with Crippen LogP contribution in [0.1, 0.15) is 11.8 Å². The molecule has 1 atom stereocenters. The van der Waals surface area contributed by atoms with Crippen molar-refractivity contribution in [1.29, 1.82) is 0 Å². The highest BCUT2D eigenvalue weighted by atomic mass is 32.1. The highest BCUT2D eigenvalue weighted by Gasteiger charge is 2.12. The van der Waals surface area contributed by atoms with Gasteiger partial charge in [0, 0.05) is 37.6 Å². The van der Waals surface area contributed by atoms with E-state index >= 15 is 0 Å². The summed E-state index contributed by atoms with van der Waals surface area (Å²) in [5.74, 6) is 0.742. The summed E-state index contributed by atoms with van der Waals surface area (Å²) in [6.45, 7) is 10.5. The molecule has 2 rings (SSSR count). The van der Waals surface area contributed by atoms with Crippen molar-refractivity contribution in [1.82, 2.24) is 15.5 Å². The molecule has 0 spiro atoms. The summed E-state index contributed by atoms with van der Waals surface area (Å²) in [5.41, 5.74) is 0. The van der Waals surface area contributed by atoms with Crippen molar-refractivity contribution >= 4 is 11.3 Å². The second-order valence-electron chi connectivity index (χ2n) is 5.19. The number of thiophene rings is 1. The number of piperazine rings is 1. The summed E-state index contributed by atoms with van der Waals surface area (Å²) in [5, 5.41) is 9.13. The van der Waals surface area contributed by atoms with E-state index in [1.54, 1.807) is 0 Å². The molecule has 1 saturated heterocycles. The van der Waals surface area contributed by atoms with Crippen molar-refractivity contribution in [3.63, 3.8) is 0 Å². The van der Waals surface area contributed by atoms with Crippen LogP contribution in [0.5, 0.6) is 0 Å². The van der Waals surface area contributed by atoms with Crippen molar-refractivity contribution in [2.45, 2.75) is 13.3 Å². The van der Waals surface area contributed by atoms with Gasteiger partial charge in [0.05, 0.1) is 0 Å². The lowest BCUT2D eigenvalue weighted by atomic mass is 10.1. The third-order valence-electron chi connectivity index (χ3n) is 3.40. The van der Waals surface area contributed by atoms with Crippen molar-refractivity contribution in [3.8, 4) is 0 Å². The predicted molar refractivity (Wildman–Crippen MR) is 79.4 cm³/mol. The van der Waals surface area contributed by atoms with E-state index in [4.69, 9.17) is 0 Å². The summed E-state index contributed by atoms with van der Waals surface area (Å²) < 4.78 is 0. The lowest BCUT2D eigenvalue weighted by Crippen LogP contribution is -2.46. The summed E-state index contributed by atoms with van der Waals surface area (Å²) in [6, 6.07) is 4.35. The SMILES string of the molecule is CC(CNCCc1cccs1)CN1CCNCC1. The highest BCUT2D eigenvalue weighted by Crippen LogP contribution is 2.08. The zero-order valence-electron chi connectivity index (χ0n) is 11.3. The van der Waals surface area contributed by atoms with Gasteiger partial charge in [-0.2, -0.15) is 0 Å². The topological polar surface area (TPSA) is 27.3 Å². The standard InChI is InChI=1S/C14H25N3S/c1-13(12-17-8-6-15-7-9-17)11-16-5-4-14-3-2-10-18-14/h2-3,10,13,15-16H,4-9,11-12H2,1H3. The van der Waals surface area contributed by atoms with Gasteiger partial charge in [0.15, 0.2) is 0 Å². The first-order valence-corrected chi connectivity index (χ1v) is 7.89. The fraction of sp³-hybridized carbons (Fsp3) is 0.714. The predicted octanol–water partition coefficient (Wildman–Crippen LogP) is 1.42. The van der Waals surface area contributed by atoms with Gasteiger partial charge in [-0.15, -0.1) is 11.3 Å². The van der Waals surface area contributed by atoms with Crippen LogP contribution in [0.2, 0.25) is 0 Å². The Labute approximate surface area is 115 Å². The van der Waals surface area contributed by atoms with Gasteiger partial charge in [-0.1, -0.05) is 13.0 Å². The van der Waals surface area contributed by atoms with Crippen LogP contribution in [-0.2, 0) is 6.42 Å². The maximum atomic E-state index is 3.58. The Morgan fingerprint density at radius 2 is 2.28 bits per heavy atom. The maximum absolute atomic E-state index is 3.58. The van der Waals surface area contributed by atoms with Crippen LogP contribution in [0.25, 0.3) is 0 Å². The summed E-state index contributed by atoms with van der Waals surface area (Å²) in [7, 11) is 0. The second kappa shape index (κ2) is 7.89. The Balaban J connectivity index is 1.52. The molecule has 0 bridgehead atoms. The van der Waals surface area contributed by atoms with E-state index in [1.807, 2.05) is 11.3 Å². The second-order valence-corrected chi connectivity index (χ2v) is 6.22. The van der Waals surface area contributed by atoms with Crippen molar-refractivity contribution in [2.75, 3.05) is 45.8 Å². The molecule has 0 radical (unpaired) electrons. The van der Waals surface area contributed by atoms with Gasteiger partial charge in [0.2, 0.25) is 0 Å². The molecule has 1 aliphatic rings. The molecule has 0 aromatic carbocycles. The van der Waals surface area contributed by atoms with E-state index in [2.05, 4.69) is 40.0 Å². The molecule has 0 saturated carbocycles. The third-order valence-corrected chi connectivity index (χ3v) is 4.34. The van der Waals surface area contributed by atoms with Crippen LogP contribution in [0.15, 0.2) is 17.5 Å². The van der Waals surface area contributed by atoms with Gasteiger partial charge in [-0.05, 0) is 36.9 Å². The minimum Gasteiger partial charge on any atom is -0.316 e. The Morgan fingerprint density at radius 1 is 1.44 bits per heavy atom. The van der Waals surface area contributed by atoms with E-state index in [1.165, 1.54) is 24.5 Å². The average molecular weight is 267 g/mol. The van der Waals surface area contributed by atoms with E-state index in [9.17, 15) is 0 Å². The number of nitrogens with zero attached hydrogens (tertiary/aromatic N) is 1. The Morgan fingerprint density at radius 3 is 3.00 bits per heavy atom. The first-order valence-electron chi connectivity index (χ1n) is 7.01. The third kappa shape index (κ3) is 5.06. The van der Waals surface area contributed by atoms with Crippen LogP contribution in [0.3, 0.4) is 0 Å². The monoisotopic (exact) mass is 267 g/mol. The molecule has 2 heterocycles. The molecule has 1 fully saturated rings. The van der Waals surface area contributed by atoms with E-state index in [0.717, 1.165) is 38.5 Å². The van der Waals surface area contributed by atoms with Crippen LogP contribution in [0, 0.1) is 5.92 Å². The Hall–Kier alpha value is -0.420. The summed E-state index contributed by atoms with van der Waals surface area (Å²) in [6.07, 6.45) is 1.16. The zero-order valence-corrected chi connectivity index (χ0v) is 12.1. The van der Waals surface area contributed by atoms with Gasteiger partial charge in [0.25, 0.3) is 0 Å². The molecule has 1 aromatic rings. The molecular formula is C14H25N3S. The molecule has 102 valence electrons. The zero-order chi connectivity index (χ0) is 12.6. The van der Waals surface area contributed by atoms with Gasteiger partial charge in [-0.3, -0.25) is 0 Å². The van der Waals surface area contributed by atoms with Gasteiger partial charge >= 0.3 is 0 Å². The highest BCUT2D eigenvalue weighted by molar-refractivity contribution is 7.09. The first-order chi connectivity index (χ1) is 8.84. The van der Waals surface area contributed by atoms with Crippen LogP contribution >= 0.6 is 11.3 Å².